The van der Waals surface area contributed by atoms with E-state index in [1.54, 1.807) is 4.90 Å². The first-order valence-electron chi connectivity index (χ1n) is 4.82. The Morgan fingerprint density at radius 1 is 1.53 bits per heavy atom. The summed E-state index contributed by atoms with van der Waals surface area (Å²) in [6.45, 7) is 2.39. The molecule has 0 aliphatic carbocycles. The third-order valence-corrected chi connectivity index (χ3v) is 3.43. The highest BCUT2D eigenvalue weighted by atomic mass is 79.9. The molecule has 0 bridgehead atoms. The average Bonchev–Trinajstić information content (AvgIpc) is 2.50. The summed E-state index contributed by atoms with van der Waals surface area (Å²) < 4.78 is 0.981. The van der Waals surface area contributed by atoms with Crippen LogP contribution in [0.15, 0.2) is 22.7 Å². The van der Waals surface area contributed by atoms with E-state index in [-0.39, 0.29) is 12.3 Å². The van der Waals surface area contributed by atoms with Crippen LogP contribution in [0, 0.1) is 6.92 Å². The van der Waals surface area contributed by atoms with Crippen LogP contribution in [0.4, 0.5) is 5.69 Å². The Labute approximate surface area is 96.8 Å². The predicted molar refractivity (Wildman–Crippen MR) is 61.9 cm³/mol. The molecule has 1 heterocycles. The molecule has 1 atom stereocenters. The molecule has 15 heavy (non-hydrogen) atoms. The number of β-amino-alcohol motifs (C(OH)–C–C–N with tert-alkyl or cyclic N) is 1. The van der Waals surface area contributed by atoms with E-state index in [2.05, 4.69) is 15.9 Å². The normalized spacial score (nSPS) is 21.1. The van der Waals surface area contributed by atoms with E-state index in [0.717, 1.165) is 15.7 Å². The predicted octanol–water partition coefficient (Wildman–Crippen LogP) is 1.86. The number of nitrogens with zero attached hydrogens (tertiary/aromatic N) is 1. The number of aliphatic hydroxyl groups excluding tert-OH is 1. The lowest BCUT2D eigenvalue weighted by Gasteiger charge is -2.16. The van der Waals surface area contributed by atoms with Gasteiger partial charge in [0.1, 0.15) is 0 Å². The summed E-state index contributed by atoms with van der Waals surface area (Å²) in [5.74, 6) is -0.0155. The van der Waals surface area contributed by atoms with Crippen LogP contribution < -0.4 is 4.90 Å². The minimum absolute atomic E-state index is 0.0155. The molecular formula is C11H12BrNO2. The lowest BCUT2D eigenvalue weighted by atomic mass is 10.2. The van der Waals surface area contributed by atoms with E-state index in [4.69, 9.17) is 0 Å². The van der Waals surface area contributed by atoms with Crippen LogP contribution in [-0.4, -0.2) is 23.7 Å². The largest absolute Gasteiger partial charge is 0.391 e. The number of rotatable bonds is 1. The number of halogens is 1. The number of carbonyl (C=O) groups is 1. The third-order valence-electron chi connectivity index (χ3n) is 2.57. The molecule has 1 N–H and O–H groups in total. The molecule has 0 saturated carbocycles. The third kappa shape index (κ3) is 2.06. The minimum atomic E-state index is -0.530. The highest BCUT2D eigenvalue weighted by Crippen LogP contribution is 2.26. The fraction of sp³-hybridized carbons (Fsp3) is 0.364. The molecule has 1 aromatic rings. The van der Waals surface area contributed by atoms with Gasteiger partial charge in [0, 0.05) is 10.2 Å². The van der Waals surface area contributed by atoms with Gasteiger partial charge in [0.2, 0.25) is 5.91 Å². The number of aryl methyl sites for hydroxylation is 1. The van der Waals surface area contributed by atoms with Gasteiger partial charge in [0.15, 0.2) is 0 Å². The first kappa shape index (κ1) is 10.6. The topological polar surface area (TPSA) is 40.5 Å². The molecule has 1 aliphatic rings. The summed E-state index contributed by atoms with van der Waals surface area (Å²) in [7, 11) is 0. The summed E-state index contributed by atoms with van der Waals surface area (Å²) in [5, 5.41) is 9.38. The molecule has 1 saturated heterocycles. The second-order valence-electron chi connectivity index (χ2n) is 3.80. The summed E-state index contributed by atoms with van der Waals surface area (Å²) in [6.07, 6.45) is -0.302. The Morgan fingerprint density at radius 3 is 2.80 bits per heavy atom. The number of hydrogen-bond donors (Lipinski definition) is 1. The number of aliphatic hydroxyl groups is 1. The minimum Gasteiger partial charge on any atom is -0.391 e. The maximum Gasteiger partial charge on any atom is 0.229 e. The van der Waals surface area contributed by atoms with Crippen LogP contribution in [0.2, 0.25) is 0 Å². The number of hydrogen-bond acceptors (Lipinski definition) is 2. The molecule has 3 nitrogen and oxygen atoms in total. The van der Waals surface area contributed by atoms with Crippen molar-refractivity contribution < 1.29 is 9.90 Å². The summed E-state index contributed by atoms with van der Waals surface area (Å²) >= 11 is 3.43. The molecule has 4 heteroatoms. The smallest absolute Gasteiger partial charge is 0.229 e. The first-order chi connectivity index (χ1) is 7.08. The maximum absolute atomic E-state index is 11.5. The van der Waals surface area contributed by atoms with Gasteiger partial charge in [-0.2, -0.15) is 0 Å². The van der Waals surface area contributed by atoms with Crippen LogP contribution in [0.25, 0.3) is 0 Å². The Hall–Kier alpha value is -0.870. The first-order valence-corrected chi connectivity index (χ1v) is 5.62. The fourth-order valence-corrected chi connectivity index (χ4v) is 2.05. The summed E-state index contributed by atoms with van der Waals surface area (Å²) in [6, 6.07) is 5.76. The van der Waals surface area contributed by atoms with Crippen LogP contribution in [0.5, 0.6) is 0 Å². The molecule has 80 valence electrons. The van der Waals surface area contributed by atoms with Crippen molar-refractivity contribution in [3.63, 3.8) is 0 Å². The fourth-order valence-electron chi connectivity index (χ4n) is 1.69. The zero-order valence-corrected chi connectivity index (χ0v) is 9.99. The number of anilines is 1. The van der Waals surface area contributed by atoms with Crippen LogP contribution in [-0.2, 0) is 4.79 Å². The van der Waals surface area contributed by atoms with E-state index in [1.807, 2.05) is 25.1 Å². The zero-order chi connectivity index (χ0) is 11.0. The number of carbonyl (C=O) groups excluding carboxylic acids is 1. The van der Waals surface area contributed by atoms with E-state index < -0.39 is 6.10 Å². The lowest BCUT2D eigenvalue weighted by Crippen LogP contribution is -2.25. The average molecular weight is 270 g/mol. The van der Waals surface area contributed by atoms with Gasteiger partial charge in [0.25, 0.3) is 0 Å². The molecule has 0 aromatic heterocycles. The van der Waals surface area contributed by atoms with Crippen molar-refractivity contribution in [2.75, 3.05) is 11.4 Å². The lowest BCUT2D eigenvalue weighted by molar-refractivity contribution is -0.117. The molecule has 1 fully saturated rings. The van der Waals surface area contributed by atoms with E-state index >= 15 is 0 Å². The van der Waals surface area contributed by atoms with Crippen molar-refractivity contribution in [3.8, 4) is 0 Å². The van der Waals surface area contributed by atoms with E-state index in [0.29, 0.717) is 6.54 Å². The van der Waals surface area contributed by atoms with Gasteiger partial charge in [-0.25, -0.2) is 0 Å². The van der Waals surface area contributed by atoms with Gasteiger partial charge in [-0.1, -0.05) is 22.0 Å². The SMILES string of the molecule is Cc1ccc(N2CC(O)CC2=O)cc1Br. The molecule has 2 rings (SSSR count). The maximum atomic E-state index is 11.5. The zero-order valence-electron chi connectivity index (χ0n) is 8.40. The van der Waals surface area contributed by atoms with Crippen LogP contribution in [0.1, 0.15) is 12.0 Å². The van der Waals surface area contributed by atoms with Crippen molar-refractivity contribution >= 4 is 27.5 Å². The molecule has 1 amide bonds. The summed E-state index contributed by atoms with van der Waals surface area (Å²) in [4.78, 5) is 13.2. The quantitative estimate of drug-likeness (QED) is 0.846. The molecule has 1 aromatic carbocycles. The number of amides is 1. The summed E-state index contributed by atoms with van der Waals surface area (Å²) in [5.41, 5.74) is 1.97. The van der Waals surface area contributed by atoms with Crippen molar-refractivity contribution in [2.45, 2.75) is 19.4 Å². The van der Waals surface area contributed by atoms with Gasteiger partial charge in [-0.3, -0.25) is 4.79 Å². The van der Waals surface area contributed by atoms with E-state index in [1.165, 1.54) is 0 Å². The molecule has 0 spiro atoms. The molecule has 1 aliphatic heterocycles. The van der Waals surface area contributed by atoms with Crippen molar-refractivity contribution in [3.05, 3.63) is 28.2 Å². The van der Waals surface area contributed by atoms with Crippen molar-refractivity contribution in [2.24, 2.45) is 0 Å². The van der Waals surface area contributed by atoms with Gasteiger partial charge < -0.3 is 10.0 Å². The van der Waals surface area contributed by atoms with Gasteiger partial charge in [-0.05, 0) is 24.6 Å². The Balaban J connectivity index is 2.30. The van der Waals surface area contributed by atoms with E-state index in [9.17, 15) is 9.90 Å². The number of benzene rings is 1. The highest BCUT2D eigenvalue weighted by molar-refractivity contribution is 9.10. The standard InChI is InChI=1S/C11H12BrNO2/c1-7-2-3-8(4-10(7)12)13-6-9(14)5-11(13)15/h2-4,9,14H,5-6H2,1H3. The van der Waals surface area contributed by atoms with Crippen LogP contribution >= 0.6 is 15.9 Å². The second kappa shape index (κ2) is 3.94. The Bertz CT molecular complexity index is 406. The van der Waals surface area contributed by atoms with Crippen molar-refractivity contribution in [1.82, 2.24) is 0 Å². The highest BCUT2D eigenvalue weighted by Gasteiger charge is 2.29. The Morgan fingerprint density at radius 2 is 2.27 bits per heavy atom. The van der Waals surface area contributed by atoms with Crippen molar-refractivity contribution in [1.29, 1.82) is 0 Å². The second-order valence-corrected chi connectivity index (χ2v) is 4.65. The molecule has 0 radical (unpaired) electrons. The van der Waals surface area contributed by atoms with Gasteiger partial charge in [0.05, 0.1) is 19.1 Å². The van der Waals surface area contributed by atoms with Gasteiger partial charge >= 0.3 is 0 Å². The molecule has 1 unspecified atom stereocenters. The van der Waals surface area contributed by atoms with Crippen LogP contribution in [0.3, 0.4) is 0 Å². The van der Waals surface area contributed by atoms with Gasteiger partial charge in [-0.15, -0.1) is 0 Å². The molecular weight excluding hydrogens is 258 g/mol. The monoisotopic (exact) mass is 269 g/mol. The Kier molecular flexibility index (Phi) is 2.80.